The van der Waals surface area contributed by atoms with Gasteiger partial charge in [-0.1, -0.05) is 25.1 Å². The lowest BCUT2D eigenvalue weighted by atomic mass is 10.1. The molecule has 1 aromatic heterocycles. The number of aromatic nitrogens is 1. The number of thiazole rings is 1. The average molecular weight is 313 g/mol. The normalized spacial score (nSPS) is 13.3. The number of aryl methyl sites for hydroxylation is 1. The molecule has 0 aliphatic rings. The van der Waals surface area contributed by atoms with Gasteiger partial charge in [-0.3, -0.25) is 0 Å². The molecule has 1 aromatic carbocycles. The Kier molecular flexibility index (Phi) is 4.55. The molecule has 0 saturated carbocycles. The zero-order valence-corrected chi connectivity index (χ0v) is 13.0. The second-order valence-electron chi connectivity index (χ2n) is 4.56. The van der Waals surface area contributed by atoms with E-state index in [-0.39, 0.29) is 11.3 Å². The van der Waals surface area contributed by atoms with Crippen molar-refractivity contribution in [3.05, 3.63) is 51.7 Å². The Morgan fingerprint density at radius 1 is 1.35 bits per heavy atom. The zero-order valence-electron chi connectivity index (χ0n) is 11.3. The molecule has 2 aromatic rings. The summed E-state index contributed by atoms with van der Waals surface area (Å²) in [6, 6.07) is 5.98. The highest BCUT2D eigenvalue weighted by molar-refractivity contribution is 7.90. The molecular formula is C14H16FNO2S2. The minimum atomic E-state index is -3.48. The van der Waals surface area contributed by atoms with Crippen LogP contribution in [0.4, 0.5) is 4.39 Å². The number of halogens is 1. The van der Waals surface area contributed by atoms with Crippen LogP contribution in [0.3, 0.4) is 0 Å². The van der Waals surface area contributed by atoms with E-state index in [0.29, 0.717) is 5.69 Å². The van der Waals surface area contributed by atoms with E-state index in [1.807, 2.05) is 6.92 Å². The van der Waals surface area contributed by atoms with Gasteiger partial charge in [0.05, 0.1) is 21.7 Å². The maximum Gasteiger partial charge on any atom is 0.162 e. The topological polar surface area (TPSA) is 47.0 Å². The number of hydrogen-bond donors (Lipinski definition) is 0. The van der Waals surface area contributed by atoms with Crippen molar-refractivity contribution in [2.45, 2.75) is 31.3 Å². The molecule has 0 saturated heterocycles. The van der Waals surface area contributed by atoms with Crippen LogP contribution in [0.1, 0.15) is 35.4 Å². The van der Waals surface area contributed by atoms with Gasteiger partial charge in [0.1, 0.15) is 5.82 Å². The van der Waals surface area contributed by atoms with Crippen molar-refractivity contribution in [2.75, 3.05) is 0 Å². The van der Waals surface area contributed by atoms with Crippen molar-refractivity contribution in [1.29, 1.82) is 0 Å². The highest BCUT2D eigenvalue weighted by Gasteiger charge is 2.26. The molecule has 1 unspecified atom stereocenters. The summed E-state index contributed by atoms with van der Waals surface area (Å²) in [4.78, 5) is 4.26. The first-order chi connectivity index (χ1) is 9.44. The first kappa shape index (κ1) is 15.1. The van der Waals surface area contributed by atoms with Gasteiger partial charge in [0, 0.05) is 10.9 Å². The Morgan fingerprint density at radius 3 is 2.65 bits per heavy atom. The van der Waals surface area contributed by atoms with E-state index in [2.05, 4.69) is 4.98 Å². The van der Waals surface area contributed by atoms with E-state index in [4.69, 9.17) is 0 Å². The van der Waals surface area contributed by atoms with Crippen LogP contribution < -0.4 is 0 Å². The third-order valence-corrected chi connectivity index (χ3v) is 6.20. The van der Waals surface area contributed by atoms with Crippen molar-refractivity contribution in [3.63, 3.8) is 0 Å². The molecule has 0 N–H and O–H groups in total. The minimum absolute atomic E-state index is 0.154. The molecule has 0 amide bonds. The fourth-order valence-corrected chi connectivity index (χ4v) is 4.15. The molecule has 3 nitrogen and oxygen atoms in total. The van der Waals surface area contributed by atoms with E-state index in [9.17, 15) is 12.8 Å². The highest BCUT2D eigenvalue weighted by atomic mass is 32.2. The summed E-state index contributed by atoms with van der Waals surface area (Å²) in [5.74, 6) is -0.643. The molecule has 6 heteroatoms. The monoisotopic (exact) mass is 313 g/mol. The number of rotatable bonds is 5. The molecule has 1 atom stereocenters. The second-order valence-corrected chi connectivity index (χ2v) is 7.82. The molecule has 0 radical (unpaired) electrons. The number of nitrogens with zero attached hydrogens (tertiary/aromatic N) is 1. The van der Waals surface area contributed by atoms with Gasteiger partial charge in [-0.15, -0.1) is 11.3 Å². The molecule has 0 bridgehead atoms. The standard InChI is InChI=1S/C14H16FNO2S2/c1-3-14-16-11(8-19-14)9-20(17,18)10(2)12-6-4-5-7-13(12)15/h4-8,10H,3,9H2,1-2H3. The largest absolute Gasteiger partial charge is 0.245 e. The summed E-state index contributed by atoms with van der Waals surface area (Å²) in [6.45, 7) is 3.49. The highest BCUT2D eigenvalue weighted by Crippen LogP contribution is 2.27. The maximum absolute atomic E-state index is 13.7. The van der Waals surface area contributed by atoms with Crippen molar-refractivity contribution >= 4 is 21.2 Å². The van der Waals surface area contributed by atoms with Crippen LogP contribution in [-0.4, -0.2) is 13.4 Å². The Labute approximate surface area is 122 Å². The van der Waals surface area contributed by atoms with E-state index in [1.165, 1.54) is 30.4 Å². The second kappa shape index (κ2) is 6.01. The Bertz CT molecular complexity index is 695. The van der Waals surface area contributed by atoms with Gasteiger partial charge in [-0.25, -0.2) is 17.8 Å². The number of sulfone groups is 1. The number of benzene rings is 1. The third kappa shape index (κ3) is 3.24. The fraction of sp³-hybridized carbons (Fsp3) is 0.357. The first-order valence-electron chi connectivity index (χ1n) is 6.33. The SMILES string of the molecule is CCc1nc(CS(=O)(=O)C(C)c2ccccc2F)cs1. The van der Waals surface area contributed by atoms with Gasteiger partial charge in [0.2, 0.25) is 0 Å². The average Bonchev–Trinajstić information content (AvgIpc) is 2.85. The molecule has 0 aliphatic carbocycles. The van der Waals surface area contributed by atoms with E-state index in [1.54, 1.807) is 17.5 Å². The summed E-state index contributed by atoms with van der Waals surface area (Å²) in [7, 11) is -3.48. The van der Waals surface area contributed by atoms with E-state index < -0.39 is 20.9 Å². The van der Waals surface area contributed by atoms with Crippen LogP contribution in [0.5, 0.6) is 0 Å². The first-order valence-corrected chi connectivity index (χ1v) is 8.93. The Balaban J connectivity index is 2.24. The zero-order chi connectivity index (χ0) is 14.8. The van der Waals surface area contributed by atoms with Crippen molar-refractivity contribution in [2.24, 2.45) is 0 Å². The molecule has 0 aliphatic heterocycles. The summed E-state index contributed by atoms with van der Waals surface area (Å²) in [5, 5.41) is 1.79. The minimum Gasteiger partial charge on any atom is -0.245 e. The molecule has 1 heterocycles. The van der Waals surface area contributed by atoms with Gasteiger partial charge >= 0.3 is 0 Å². The lowest BCUT2D eigenvalue weighted by Crippen LogP contribution is -2.14. The van der Waals surface area contributed by atoms with Crippen LogP contribution in [0, 0.1) is 5.82 Å². The van der Waals surface area contributed by atoms with Crippen LogP contribution in [0.15, 0.2) is 29.6 Å². The van der Waals surface area contributed by atoms with Crippen LogP contribution >= 0.6 is 11.3 Å². The van der Waals surface area contributed by atoms with Gasteiger partial charge < -0.3 is 0 Å². The summed E-state index contributed by atoms with van der Waals surface area (Å²) >= 11 is 1.45. The summed E-state index contributed by atoms with van der Waals surface area (Å²) < 4.78 is 38.4. The van der Waals surface area contributed by atoms with Gasteiger partial charge in [-0.2, -0.15) is 0 Å². The smallest absolute Gasteiger partial charge is 0.162 e. The van der Waals surface area contributed by atoms with Gasteiger partial charge in [-0.05, 0) is 19.4 Å². The van der Waals surface area contributed by atoms with Crippen molar-refractivity contribution in [3.8, 4) is 0 Å². The van der Waals surface area contributed by atoms with Crippen molar-refractivity contribution < 1.29 is 12.8 Å². The van der Waals surface area contributed by atoms with Crippen LogP contribution in [0.2, 0.25) is 0 Å². The molecule has 0 fully saturated rings. The van der Waals surface area contributed by atoms with Crippen LogP contribution in [0.25, 0.3) is 0 Å². The van der Waals surface area contributed by atoms with Crippen molar-refractivity contribution in [1.82, 2.24) is 4.98 Å². The summed E-state index contributed by atoms with van der Waals surface area (Å²) in [5.41, 5.74) is 0.744. The lowest BCUT2D eigenvalue weighted by molar-refractivity contribution is 0.572. The molecular weight excluding hydrogens is 297 g/mol. The molecule has 2 rings (SSSR count). The van der Waals surface area contributed by atoms with Crippen LogP contribution in [-0.2, 0) is 22.0 Å². The summed E-state index contributed by atoms with van der Waals surface area (Å²) in [6.07, 6.45) is 0.785. The number of hydrogen-bond acceptors (Lipinski definition) is 4. The predicted octanol–water partition coefficient (Wildman–Crippen LogP) is 3.52. The molecule has 108 valence electrons. The Morgan fingerprint density at radius 2 is 2.05 bits per heavy atom. The quantitative estimate of drug-likeness (QED) is 0.848. The maximum atomic E-state index is 13.7. The van der Waals surface area contributed by atoms with Gasteiger partial charge in [0.25, 0.3) is 0 Å². The van der Waals surface area contributed by atoms with Gasteiger partial charge in [0.15, 0.2) is 9.84 Å². The Hall–Kier alpha value is -1.27. The molecule has 0 spiro atoms. The third-order valence-electron chi connectivity index (χ3n) is 3.13. The van der Waals surface area contributed by atoms with E-state index in [0.717, 1.165) is 11.4 Å². The fourth-order valence-electron chi connectivity index (χ4n) is 1.91. The lowest BCUT2D eigenvalue weighted by Gasteiger charge is -2.13. The van der Waals surface area contributed by atoms with E-state index >= 15 is 0 Å². The predicted molar refractivity (Wildman–Crippen MR) is 78.9 cm³/mol. The molecule has 20 heavy (non-hydrogen) atoms.